The molecule has 1 N–H and O–H groups in total. The van der Waals surface area contributed by atoms with Crippen LogP contribution in [0.1, 0.15) is 6.42 Å². The van der Waals surface area contributed by atoms with E-state index in [1.807, 2.05) is 0 Å². The van der Waals surface area contributed by atoms with Crippen molar-refractivity contribution in [3.05, 3.63) is 11.1 Å². The minimum atomic E-state index is -1.02. The molecule has 2 heterocycles. The van der Waals surface area contributed by atoms with Crippen molar-refractivity contribution in [3.8, 4) is 0 Å². The number of hydrogen-bond donors (Lipinski definition) is 1. The molecule has 0 aromatic carbocycles. The third-order valence-electron chi connectivity index (χ3n) is 1.72. The van der Waals surface area contributed by atoms with Crippen molar-refractivity contribution in [3.63, 3.8) is 0 Å². The van der Waals surface area contributed by atoms with Gasteiger partial charge in [0.15, 0.2) is 0 Å². The number of fused-ring (bicyclic) bond motifs is 1. The van der Waals surface area contributed by atoms with Gasteiger partial charge < -0.3 is 5.11 Å². The SMILES string of the molecule is O=C(O)C1=CS[C@H]2CC(=O)N12. The second kappa shape index (κ2) is 2.01. The van der Waals surface area contributed by atoms with Crippen LogP contribution in [-0.4, -0.2) is 27.3 Å². The first-order valence-electron chi connectivity index (χ1n) is 3.11. The fourth-order valence-corrected chi connectivity index (χ4v) is 2.23. The number of carbonyl (C=O) groups excluding carboxylic acids is 1. The minimum Gasteiger partial charge on any atom is -0.477 e. The van der Waals surface area contributed by atoms with Crippen LogP contribution in [0.4, 0.5) is 0 Å². The number of aliphatic carboxylic acids is 1. The predicted octanol–water partition coefficient (Wildman–Crippen LogP) is 0.218. The van der Waals surface area contributed by atoms with Crippen LogP contribution in [0, 0.1) is 0 Å². The van der Waals surface area contributed by atoms with Crippen molar-refractivity contribution in [2.75, 3.05) is 0 Å². The van der Waals surface area contributed by atoms with Gasteiger partial charge in [-0.2, -0.15) is 0 Å². The molecule has 0 aliphatic carbocycles. The Balaban J connectivity index is 2.24. The Hall–Kier alpha value is -0.970. The number of β-lactam (4-membered cyclic amide) rings is 1. The summed E-state index contributed by atoms with van der Waals surface area (Å²) in [6.45, 7) is 0. The van der Waals surface area contributed by atoms with Crippen LogP contribution >= 0.6 is 11.8 Å². The number of carboxylic acid groups (broad SMARTS) is 1. The van der Waals surface area contributed by atoms with E-state index < -0.39 is 5.97 Å². The summed E-state index contributed by atoms with van der Waals surface area (Å²) in [6.07, 6.45) is 0.470. The van der Waals surface area contributed by atoms with Crippen molar-refractivity contribution in [1.29, 1.82) is 0 Å². The Morgan fingerprint density at radius 1 is 1.82 bits per heavy atom. The molecule has 1 saturated heterocycles. The molecule has 0 bridgehead atoms. The van der Waals surface area contributed by atoms with E-state index in [1.54, 1.807) is 0 Å². The quantitative estimate of drug-likeness (QED) is 0.573. The van der Waals surface area contributed by atoms with Gasteiger partial charge in [-0.1, -0.05) is 0 Å². The summed E-state index contributed by atoms with van der Waals surface area (Å²) in [5.41, 5.74) is 0.122. The average molecular weight is 171 g/mol. The molecule has 11 heavy (non-hydrogen) atoms. The summed E-state index contributed by atoms with van der Waals surface area (Å²) < 4.78 is 0. The molecule has 0 saturated carbocycles. The van der Waals surface area contributed by atoms with Crippen molar-refractivity contribution >= 4 is 23.6 Å². The number of hydrogen-bond acceptors (Lipinski definition) is 3. The van der Waals surface area contributed by atoms with E-state index >= 15 is 0 Å². The van der Waals surface area contributed by atoms with Gasteiger partial charge in [-0.25, -0.2) is 4.79 Å². The van der Waals surface area contributed by atoms with E-state index in [9.17, 15) is 9.59 Å². The molecular weight excluding hydrogens is 166 g/mol. The summed E-state index contributed by atoms with van der Waals surface area (Å²) in [7, 11) is 0. The normalized spacial score (nSPS) is 27.6. The molecular formula is C6H5NO3S. The Kier molecular flexibility index (Phi) is 1.23. The van der Waals surface area contributed by atoms with Gasteiger partial charge in [0.05, 0.1) is 11.8 Å². The summed E-state index contributed by atoms with van der Waals surface area (Å²) in [5, 5.41) is 10.2. The number of nitrogens with zero attached hydrogens (tertiary/aromatic N) is 1. The molecule has 2 rings (SSSR count). The van der Waals surface area contributed by atoms with Crippen LogP contribution in [-0.2, 0) is 9.59 Å². The van der Waals surface area contributed by atoms with Gasteiger partial charge in [-0.05, 0) is 0 Å². The predicted molar refractivity (Wildman–Crippen MR) is 38.6 cm³/mol. The zero-order valence-corrected chi connectivity index (χ0v) is 6.30. The van der Waals surface area contributed by atoms with Crippen molar-refractivity contribution in [2.24, 2.45) is 0 Å². The molecule has 0 aromatic rings. The van der Waals surface area contributed by atoms with E-state index in [4.69, 9.17) is 5.11 Å². The molecule has 1 atom stereocenters. The molecule has 0 unspecified atom stereocenters. The van der Waals surface area contributed by atoms with Gasteiger partial charge in [0.25, 0.3) is 0 Å². The highest BCUT2D eigenvalue weighted by molar-refractivity contribution is 8.03. The van der Waals surface area contributed by atoms with Crippen molar-refractivity contribution in [1.82, 2.24) is 4.90 Å². The maximum absolute atomic E-state index is 10.8. The molecule has 1 fully saturated rings. The molecule has 1 amide bonds. The lowest BCUT2D eigenvalue weighted by Gasteiger charge is -2.34. The van der Waals surface area contributed by atoms with Gasteiger partial charge in [0.2, 0.25) is 5.91 Å². The Morgan fingerprint density at radius 3 is 3.00 bits per heavy atom. The van der Waals surface area contributed by atoms with E-state index in [2.05, 4.69) is 0 Å². The van der Waals surface area contributed by atoms with Crippen molar-refractivity contribution in [2.45, 2.75) is 11.8 Å². The average Bonchev–Trinajstić information content (AvgIpc) is 2.25. The van der Waals surface area contributed by atoms with Crippen molar-refractivity contribution < 1.29 is 14.7 Å². The number of amides is 1. The second-order valence-corrected chi connectivity index (χ2v) is 3.42. The van der Waals surface area contributed by atoms with Crippen LogP contribution < -0.4 is 0 Å². The largest absolute Gasteiger partial charge is 0.477 e. The highest BCUT2D eigenvalue weighted by Gasteiger charge is 2.44. The van der Waals surface area contributed by atoms with Gasteiger partial charge in [0, 0.05) is 5.41 Å². The fourth-order valence-electron chi connectivity index (χ4n) is 1.14. The third kappa shape index (κ3) is 0.773. The van der Waals surface area contributed by atoms with Gasteiger partial charge in [-0.15, -0.1) is 11.8 Å². The smallest absolute Gasteiger partial charge is 0.353 e. The first kappa shape index (κ1) is 6.72. The molecule has 2 aliphatic rings. The molecule has 4 nitrogen and oxygen atoms in total. The van der Waals surface area contributed by atoms with Crippen LogP contribution in [0.15, 0.2) is 11.1 Å². The molecule has 5 heteroatoms. The van der Waals surface area contributed by atoms with Gasteiger partial charge >= 0.3 is 5.97 Å². The van der Waals surface area contributed by atoms with Gasteiger partial charge in [0.1, 0.15) is 5.70 Å². The van der Waals surface area contributed by atoms with Gasteiger partial charge in [-0.3, -0.25) is 9.69 Å². The maximum Gasteiger partial charge on any atom is 0.353 e. The zero-order chi connectivity index (χ0) is 8.01. The third-order valence-corrected chi connectivity index (χ3v) is 2.77. The van der Waals surface area contributed by atoms with E-state index in [1.165, 1.54) is 22.1 Å². The number of carbonyl (C=O) groups is 2. The molecule has 58 valence electrons. The van der Waals surface area contributed by atoms with Crippen LogP contribution in [0.5, 0.6) is 0 Å². The first-order chi connectivity index (χ1) is 5.20. The summed E-state index contributed by atoms with van der Waals surface area (Å²) >= 11 is 1.39. The topological polar surface area (TPSA) is 57.6 Å². The number of thioether (sulfide) groups is 1. The van der Waals surface area contributed by atoms with Crippen LogP contribution in [0.2, 0.25) is 0 Å². The standard InChI is InChI=1S/C6H5NO3S/c8-4-1-5-7(4)3(2-11-5)6(9)10/h2,5H,1H2,(H,9,10)/t5-/m0/s1. The molecule has 0 radical (unpaired) electrons. The maximum atomic E-state index is 10.8. The van der Waals surface area contributed by atoms with Crippen LogP contribution in [0.25, 0.3) is 0 Å². The second-order valence-electron chi connectivity index (χ2n) is 2.37. The molecule has 0 aromatic heterocycles. The van der Waals surface area contributed by atoms with E-state index in [0.717, 1.165) is 0 Å². The minimum absolute atomic E-state index is 0.0635. The lowest BCUT2D eigenvalue weighted by molar-refractivity contribution is -0.145. The zero-order valence-electron chi connectivity index (χ0n) is 5.48. The molecule has 2 aliphatic heterocycles. The number of carboxylic acids is 1. The molecule has 0 spiro atoms. The lowest BCUT2D eigenvalue weighted by atomic mass is 10.2. The summed E-state index contributed by atoms with van der Waals surface area (Å²) in [4.78, 5) is 22.6. The monoisotopic (exact) mass is 171 g/mol. The fraction of sp³-hybridized carbons (Fsp3) is 0.333. The van der Waals surface area contributed by atoms with Crippen LogP contribution in [0.3, 0.4) is 0 Å². The summed E-state index contributed by atoms with van der Waals surface area (Å²) in [6, 6.07) is 0. The lowest BCUT2D eigenvalue weighted by Crippen LogP contribution is -2.48. The van der Waals surface area contributed by atoms with E-state index in [-0.39, 0.29) is 17.0 Å². The highest BCUT2D eigenvalue weighted by Crippen LogP contribution is 2.40. The first-order valence-corrected chi connectivity index (χ1v) is 4.05. The Bertz CT molecular complexity index is 273. The van der Waals surface area contributed by atoms with E-state index in [0.29, 0.717) is 6.42 Å². The summed E-state index contributed by atoms with van der Waals surface area (Å²) in [5.74, 6) is -1.11. The highest BCUT2D eigenvalue weighted by atomic mass is 32.2. The Morgan fingerprint density at radius 2 is 2.55 bits per heavy atom. The Labute approximate surface area is 66.9 Å². The number of rotatable bonds is 1.